The molecule has 1 saturated heterocycles. The Bertz CT molecular complexity index is 375. The monoisotopic (exact) mass is 265 g/mol. The molecule has 0 aromatic heterocycles. The Morgan fingerprint density at radius 3 is 2.37 bits per heavy atom. The third-order valence-corrected chi connectivity index (χ3v) is 4.45. The Balaban J connectivity index is 1.76. The standard InChI is InChI=1S/C15H27N3O/c1-11(16)12-9-15(12)5-7-18(8-6-15)10-13(19)17-14(2,3)4/h12,16H,5-10H2,1-4H3,(H,17,19). The van der Waals surface area contributed by atoms with Crippen LogP contribution in [0, 0.1) is 16.7 Å². The van der Waals surface area contributed by atoms with Crippen LogP contribution in [0.5, 0.6) is 0 Å². The minimum absolute atomic E-state index is 0.124. The maximum atomic E-state index is 11.9. The zero-order valence-electron chi connectivity index (χ0n) is 12.7. The van der Waals surface area contributed by atoms with Gasteiger partial charge >= 0.3 is 0 Å². The molecule has 1 spiro atoms. The molecule has 1 heterocycles. The molecule has 19 heavy (non-hydrogen) atoms. The summed E-state index contributed by atoms with van der Waals surface area (Å²) in [5.74, 6) is 0.650. The highest BCUT2D eigenvalue weighted by atomic mass is 16.2. The van der Waals surface area contributed by atoms with Gasteiger partial charge in [-0.15, -0.1) is 0 Å². The van der Waals surface area contributed by atoms with Gasteiger partial charge in [-0.25, -0.2) is 0 Å². The predicted molar refractivity (Wildman–Crippen MR) is 77.5 cm³/mol. The van der Waals surface area contributed by atoms with E-state index in [0.717, 1.165) is 31.6 Å². The van der Waals surface area contributed by atoms with Crippen LogP contribution in [-0.2, 0) is 4.79 Å². The van der Waals surface area contributed by atoms with Crippen molar-refractivity contribution in [3.05, 3.63) is 0 Å². The van der Waals surface area contributed by atoms with Crippen LogP contribution in [0.15, 0.2) is 0 Å². The number of rotatable bonds is 3. The average molecular weight is 265 g/mol. The third kappa shape index (κ3) is 3.56. The highest BCUT2D eigenvalue weighted by Gasteiger charge is 2.55. The number of hydrogen-bond acceptors (Lipinski definition) is 3. The van der Waals surface area contributed by atoms with Gasteiger partial charge in [0.2, 0.25) is 5.91 Å². The summed E-state index contributed by atoms with van der Waals surface area (Å²) in [5.41, 5.74) is 1.12. The summed E-state index contributed by atoms with van der Waals surface area (Å²) in [6, 6.07) is 0. The van der Waals surface area contributed by atoms with Gasteiger partial charge in [-0.2, -0.15) is 0 Å². The van der Waals surface area contributed by atoms with E-state index in [1.54, 1.807) is 0 Å². The number of nitrogens with zero attached hydrogens (tertiary/aromatic N) is 1. The van der Waals surface area contributed by atoms with Crippen molar-refractivity contribution in [2.45, 2.75) is 52.5 Å². The molecule has 2 N–H and O–H groups in total. The van der Waals surface area contributed by atoms with E-state index < -0.39 is 0 Å². The molecule has 1 aliphatic carbocycles. The summed E-state index contributed by atoms with van der Waals surface area (Å²) in [4.78, 5) is 14.1. The number of carbonyl (C=O) groups is 1. The Morgan fingerprint density at radius 2 is 1.95 bits per heavy atom. The van der Waals surface area contributed by atoms with Gasteiger partial charge in [0.1, 0.15) is 0 Å². The van der Waals surface area contributed by atoms with Crippen LogP contribution >= 0.6 is 0 Å². The molecule has 1 atom stereocenters. The highest BCUT2D eigenvalue weighted by molar-refractivity contribution is 5.85. The van der Waals surface area contributed by atoms with Crippen molar-refractivity contribution in [3.8, 4) is 0 Å². The van der Waals surface area contributed by atoms with Gasteiger partial charge in [0.25, 0.3) is 0 Å². The molecular weight excluding hydrogens is 238 g/mol. The molecule has 0 aromatic rings. The lowest BCUT2D eigenvalue weighted by Crippen LogP contribution is -2.47. The lowest BCUT2D eigenvalue weighted by atomic mass is 9.89. The van der Waals surface area contributed by atoms with Crippen LogP contribution in [-0.4, -0.2) is 41.7 Å². The van der Waals surface area contributed by atoms with E-state index in [9.17, 15) is 4.79 Å². The highest BCUT2D eigenvalue weighted by Crippen LogP contribution is 2.59. The van der Waals surface area contributed by atoms with Gasteiger partial charge < -0.3 is 10.7 Å². The van der Waals surface area contributed by atoms with E-state index in [1.807, 2.05) is 27.7 Å². The van der Waals surface area contributed by atoms with Gasteiger partial charge in [0.05, 0.1) is 6.54 Å². The fourth-order valence-electron chi connectivity index (χ4n) is 3.33. The largest absolute Gasteiger partial charge is 0.350 e. The maximum absolute atomic E-state index is 11.9. The first-order chi connectivity index (χ1) is 8.72. The van der Waals surface area contributed by atoms with Gasteiger partial charge in [-0.1, -0.05) is 0 Å². The van der Waals surface area contributed by atoms with Crippen LogP contribution in [0.25, 0.3) is 0 Å². The van der Waals surface area contributed by atoms with Crippen LogP contribution < -0.4 is 5.32 Å². The number of hydrogen-bond donors (Lipinski definition) is 2. The van der Waals surface area contributed by atoms with Gasteiger partial charge in [0.15, 0.2) is 0 Å². The lowest BCUT2D eigenvalue weighted by molar-refractivity contribution is -0.124. The van der Waals surface area contributed by atoms with E-state index in [-0.39, 0.29) is 11.4 Å². The van der Waals surface area contributed by atoms with Gasteiger partial charge in [-0.3, -0.25) is 9.69 Å². The average Bonchev–Trinajstić information content (AvgIpc) is 2.94. The molecule has 0 radical (unpaired) electrons. The van der Waals surface area contributed by atoms with Gasteiger partial charge in [-0.05, 0) is 65.5 Å². The molecule has 4 heteroatoms. The van der Waals surface area contributed by atoms with Gasteiger partial charge in [0, 0.05) is 17.2 Å². The molecule has 1 amide bonds. The molecule has 2 aliphatic rings. The molecule has 4 nitrogen and oxygen atoms in total. The minimum Gasteiger partial charge on any atom is -0.350 e. The second-order valence-corrected chi connectivity index (χ2v) is 7.38. The summed E-state index contributed by atoms with van der Waals surface area (Å²) >= 11 is 0. The second kappa shape index (κ2) is 4.89. The number of amides is 1. The second-order valence-electron chi connectivity index (χ2n) is 7.38. The molecule has 108 valence electrons. The fraction of sp³-hybridized carbons (Fsp3) is 0.867. The normalized spacial score (nSPS) is 26.2. The van der Waals surface area contributed by atoms with Crippen molar-refractivity contribution in [2.24, 2.45) is 11.3 Å². The van der Waals surface area contributed by atoms with E-state index in [4.69, 9.17) is 5.41 Å². The Morgan fingerprint density at radius 1 is 1.37 bits per heavy atom. The Labute approximate surface area is 116 Å². The van der Waals surface area contributed by atoms with Crippen LogP contribution in [0.1, 0.15) is 47.0 Å². The summed E-state index contributed by atoms with van der Waals surface area (Å²) in [7, 11) is 0. The SMILES string of the molecule is CC(=N)C1CC12CCN(CC(=O)NC(C)(C)C)CC2. The van der Waals surface area contributed by atoms with Crippen molar-refractivity contribution >= 4 is 11.6 Å². The van der Waals surface area contributed by atoms with E-state index in [1.165, 1.54) is 6.42 Å². The van der Waals surface area contributed by atoms with Crippen LogP contribution in [0.4, 0.5) is 0 Å². The van der Waals surface area contributed by atoms with E-state index in [2.05, 4.69) is 10.2 Å². The van der Waals surface area contributed by atoms with Crippen molar-refractivity contribution in [2.75, 3.05) is 19.6 Å². The smallest absolute Gasteiger partial charge is 0.234 e. The molecule has 1 saturated carbocycles. The van der Waals surface area contributed by atoms with Crippen molar-refractivity contribution in [3.63, 3.8) is 0 Å². The Kier molecular flexibility index (Phi) is 3.74. The number of carbonyl (C=O) groups excluding carboxylic acids is 1. The minimum atomic E-state index is -0.146. The number of piperidine rings is 1. The third-order valence-electron chi connectivity index (χ3n) is 4.45. The van der Waals surface area contributed by atoms with Crippen molar-refractivity contribution in [1.29, 1.82) is 5.41 Å². The zero-order chi connectivity index (χ0) is 14.3. The summed E-state index contributed by atoms with van der Waals surface area (Å²) < 4.78 is 0. The van der Waals surface area contributed by atoms with Crippen molar-refractivity contribution in [1.82, 2.24) is 10.2 Å². The fourth-order valence-corrected chi connectivity index (χ4v) is 3.33. The maximum Gasteiger partial charge on any atom is 0.234 e. The molecule has 0 aromatic carbocycles. The predicted octanol–water partition coefficient (Wildman–Crippen LogP) is 2.04. The molecule has 2 fully saturated rings. The first-order valence-corrected chi connectivity index (χ1v) is 7.30. The molecular formula is C15H27N3O. The molecule has 2 rings (SSSR count). The Hall–Kier alpha value is -0.900. The summed E-state index contributed by atoms with van der Waals surface area (Å²) in [6.07, 6.45) is 3.50. The first kappa shape index (κ1) is 14.5. The number of likely N-dealkylation sites (tertiary alicyclic amines) is 1. The zero-order valence-corrected chi connectivity index (χ0v) is 12.7. The number of nitrogens with one attached hydrogen (secondary N) is 2. The topological polar surface area (TPSA) is 56.2 Å². The molecule has 1 aliphatic heterocycles. The van der Waals surface area contributed by atoms with Crippen LogP contribution in [0.3, 0.4) is 0 Å². The molecule has 0 bridgehead atoms. The summed E-state index contributed by atoms with van der Waals surface area (Å²) in [6.45, 7) is 10.5. The first-order valence-electron chi connectivity index (χ1n) is 7.30. The van der Waals surface area contributed by atoms with Crippen LogP contribution in [0.2, 0.25) is 0 Å². The van der Waals surface area contributed by atoms with E-state index in [0.29, 0.717) is 17.9 Å². The lowest BCUT2D eigenvalue weighted by Gasteiger charge is -2.33. The summed E-state index contributed by atoms with van der Waals surface area (Å²) in [5, 5.41) is 10.8. The van der Waals surface area contributed by atoms with E-state index >= 15 is 0 Å². The van der Waals surface area contributed by atoms with Crippen molar-refractivity contribution < 1.29 is 4.79 Å². The quantitative estimate of drug-likeness (QED) is 0.767. The molecule has 1 unspecified atom stereocenters.